The summed E-state index contributed by atoms with van der Waals surface area (Å²) in [6, 6.07) is 18.7. The predicted octanol–water partition coefficient (Wildman–Crippen LogP) is 5.38. The Bertz CT molecular complexity index is 1140. The zero-order valence-corrected chi connectivity index (χ0v) is 15.5. The number of amides is 1. The van der Waals surface area contributed by atoms with E-state index in [0.717, 1.165) is 16.3 Å². The van der Waals surface area contributed by atoms with Crippen LogP contribution in [-0.4, -0.2) is 16.1 Å². The number of rotatable bonds is 4. The molecule has 27 heavy (non-hydrogen) atoms. The van der Waals surface area contributed by atoms with Crippen molar-refractivity contribution in [2.24, 2.45) is 0 Å². The molecule has 4 aromatic rings. The van der Waals surface area contributed by atoms with Crippen LogP contribution in [0.25, 0.3) is 22.2 Å². The number of carbonyl (C=O) groups is 1. The maximum atomic E-state index is 12.4. The number of benzene rings is 3. The molecule has 0 aliphatic carbocycles. The van der Waals surface area contributed by atoms with Crippen LogP contribution in [0.15, 0.2) is 65.1 Å². The number of hydrogen-bond donors (Lipinski definition) is 1. The van der Waals surface area contributed by atoms with Crippen molar-refractivity contribution >= 4 is 45.9 Å². The summed E-state index contributed by atoms with van der Waals surface area (Å²) < 4.78 is 5.50. The third-order valence-corrected chi connectivity index (χ3v) is 4.63. The summed E-state index contributed by atoms with van der Waals surface area (Å²) in [6.45, 7) is 0. The van der Waals surface area contributed by atoms with Crippen LogP contribution in [0.2, 0.25) is 10.0 Å². The molecule has 0 aliphatic heterocycles. The number of nitrogens with one attached hydrogen (secondary N) is 1. The molecule has 0 atom stereocenters. The number of halogens is 2. The summed E-state index contributed by atoms with van der Waals surface area (Å²) in [5.74, 6) is -0.0679. The molecule has 0 saturated carbocycles. The smallest absolute Gasteiger partial charge is 0.322 e. The Morgan fingerprint density at radius 2 is 1.81 bits per heavy atom. The molecule has 3 aromatic carbocycles. The number of carbonyl (C=O) groups excluding carboxylic acids is 1. The highest BCUT2D eigenvalue weighted by Gasteiger charge is 2.15. The first-order valence-corrected chi connectivity index (χ1v) is 8.91. The first-order chi connectivity index (χ1) is 13.1. The topological polar surface area (TPSA) is 68.0 Å². The van der Waals surface area contributed by atoms with Crippen LogP contribution in [0.3, 0.4) is 0 Å². The second-order valence-corrected chi connectivity index (χ2v) is 6.74. The average Bonchev–Trinajstić information content (AvgIpc) is 3.12. The summed E-state index contributed by atoms with van der Waals surface area (Å²) in [5.41, 5.74) is 1.43. The first kappa shape index (κ1) is 17.5. The minimum Gasteiger partial charge on any atom is -0.403 e. The highest BCUT2D eigenvalue weighted by molar-refractivity contribution is 6.35. The lowest BCUT2D eigenvalue weighted by Gasteiger charge is -2.05. The summed E-state index contributed by atoms with van der Waals surface area (Å²) in [7, 11) is 0. The fourth-order valence-corrected chi connectivity index (χ4v) is 3.20. The van der Waals surface area contributed by atoms with Gasteiger partial charge in [-0.1, -0.05) is 70.8 Å². The molecule has 1 amide bonds. The SMILES string of the molecule is O=C(Cc1cccc2ccccc12)Nc1nnc(-c2cc(Cl)ccc2Cl)o1. The number of nitrogens with zero attached hydrogens (tertiary/aromatic N) is 2. The molecule has 0 aliphatic rings. The molecule has 5 nitrogen and oxygen atoms in total. The van der Waals surface area contributed by atoms with E-state index in [9.17, 15) is 4.79 Å². The van der Waals surface area contributed by atoms with Crippen molar-refractivity contribution in [3.05, 3.63) is 76.3 Å². The fourth-order valence-electron chi connectivity index (χ4n) is 2.83. The van der Waals surface area contributed by atoms with E-state index in [0.29, 0.717) is 15.6 Å². The zero-order valence-electron chi connectivity index (χ0n) is 13.9. The van der Waals surface area contributed by atoms with Crippen LogP contribution in [0.4, 0.5) is 6.01 Å². The summed E-state index contributed by atoms with van der Waals surface area (Å²) >= 11 is 12.1. The zero-order chi connectivity index (χ0) is 18.8. The van der Waals surface area contributed by atoms with E-state index >= 15 is 0 Å². The number of aromatic nitrogens is 2. The number of anilines is 1. The molecule has 1 N–H and O–H groups in total. The van der Waals surface area contributed by atoms with Gasteiger partial charge in [0.15, 0.2) is 0 Å². The van der Waals surface area contributed by atoms with Gasteiger partial charge in [-0.2, -0.15) is 0 Å². The van der Waals surface area contributed by atoms with E-state index in [1.807, 2.05) is 42.5 Å². The molecule has 0 fully saturated rings. The maximum Gasteiger partial charge on any atom is 0.322 e. The van der Waals surface area contributed by atoms with E-state index in [2.05, 4.69) is 15.5 Å². The van der Waals surface area contributed by atoms with Crippen molar-refractivity contribution in [1.82, 2.24) is 10.2 Å². The molecule has 0 radical (unpaired) electrons. The third-order valence-electron chi connectivity index (χ3n) is 4.06. The standard InChI is InChI=1S/C20H13Cl2N3O2/c21-14-8-9-17(22)16(11-14)19-24-25-20(27-19)23-18(26)10-13-6-3-5-12-4-1-2-7-15(12)13/h1-9,11H,10H2,(H,23,25,26). The number of hydrogen-bond acceptors (Lipinski definition) is 4. The minimum atomic E-state index is -0.251. The number of fused-ring (bicyclic) bond motifs is 1. The average molecular weight is 398 g/mol. The van der Waals surface area contributed by atoms with E-state index in [4.69, 9.17) is 27.6 Å². The third kappa shape index (κ3) is 3.79. The van der Waals surface area contributed by atoms with Crippen molar-refractivity contribution in [1.29, 1.82) is 0 Å². The van der Waals surface area contributed by atoms with Crippen LogP contribution in [-0.2, 0) is 11.2 Å². The lowest BCUT2D eigenvalue weighted by Crippen LogP contribution is -2.14. The molecular weight excluding hydrogens is 385 g/mol. The van der Waals surface area contributed by atoms with E-state index in [1.165, 1.54) is 0 Å². The van der Waals surface area contributed by atoms with Gasteiger partial charge in [0, 0.05) is 5.02 Å². The highest BCUT2D eigenvalue weighted by atomic mass is 35.5. The van der Waals surface area contributed by atoms with Gasteiger partial charge >= 0.3 is 6.01 Å². The van der Waals surface area contributed by atoms with E-state index < -0.39 is 0 Å². The van der Waals surface area contributed by atoms with Crippen molar-refractivity contribution < 1.29 is 9.21 Å². The van der Waals surface area contributed by atoms with Crippen molar-refractivity contribution in [2.75, 3.05) is 5.32 Å². The second kappa shape index (κ2) is 7.39. The van der Waals surface area contributed by atoms with Crippen LogP contribution in [0, 0.1) is 0 Å². The van der Waals surface area contributed by atoms with Gasteiger partial charge in [0.1, 0.15) is 0 Å². The minimum absolute atomic E-state index is 0.00581. The predicted molar refractivity (Wildman–Crippen MR) is 106 cm³/mol. The Morgan fingerprint density at radius 1 is 1.00 bits per heavy atom. The lowest BCUT2D eigenvalue weighted by molar-refractivity contribution is -0.115. The van der Waals surface area contributed by atoms with E-state index in [1.54, 1.807) is 18.2 Å². The molecule has 134 valence electrons. The van der Waals surface area contributed by atoms with Crippen molar-refractivity contribution in [2.45, 2.75) is 6.42 Å². The maximum absolute atomic E-state index is 12.4. The molecule has 0 unspecified atom stereocenters. The van der Waals surface area contributed by atoms with Crippen LogP contribution >= 0.6 is 23.2 Å². The Hall–Kier alpha value is -2.89. The normalized spacial score (nSPS) is 10.9. The van der Waals surface area contributed by atoms with Crippen LogP contribution < -0.4 is 5.32 Å². The summed E-state index contributed by atoms with van der Waals surface area (Å²) in [5, 5.41) is 13.4. The van der Waals surface area contributed by atoms with Gasteiger partial charge in [0.05, 0.1) is 17.0 Å². The Labute approximate surface area is 164 Å². The van der Waals surface area contributed by atoms with Crippen molar-refractivity contribution in [3.63, 3.8) is 0 Å². The Kier molecular flexibility index (Phi) is 4.79. The van der Waals surface area contributed by atoms with Crippen LogP contribution in [0.5, 0.6) is 0 Å². The van der Waals surface area contributed by atoms with Gasteiger partial charge in [-0.05, 0) is 34.5 Å². The molecule has 1 aromatic heterocycles. The first-order valence-electron chi connectivity index (χ1n) is 8.15. The lowest BCUT2D eigenvalue weighted by atomic mass is 10.0. The monoisotopic (exact) mass is 397 g/mol. The molecule has 7 heteroatoms. The van der Waals surface area contributed by atoms with Gasteiger partial charge in [-0.15, -0.1) is 5.10 Å². The summed E-state index contributed by atoms with van der Waals surface area (Å²) in [4.78, 5) is 12.4. The van der Waals surface area contributed by atoms with Gasteiger partial charge in [-0.3, -0.25) is 10.1 Å². The largest absolute Gasteiger partial charge is 0.403 e. The molecule has 1 heterocycles. The van der Waals surface area contributed by atoms with Gasteiger partial charge in [0.25, 0.3) is 5.89 Å². The van der Waals surface area contributed by atoms with Crippen molar-refractivity contribution in [3.8, 4) is 11.5 Å². The molecular formula is C20H13Cl2N3O2. The highest BCUT2D eigenvalue weighted by Crippen LogP contribution is 2.30. The summed E-state index contributed by atoms with van der Waals surface area (Å²) in [6.07, 6.45) is 0.191. The van der Waals surface area contributed by atoms with Crippen LogP contribution in [0.1, 0.15) is 5.56 Å². The Balaban J connectivity index is 1.52. The quantitative estimate of drug-likeness (QED) is 0.501. The molecule has 4 rings (SSSR count). The van der Waals surface area contributed by atoms with Gasteiger partial charge in [0.2, 0.25) is 5.91 Å². The fraction of sp³-hybridized carbons (Fsp3) is 0.0500. The molecule has 0 saturated heterocycles. The van der Waals surface area contributed by atoms with E-state index in [-0.39, 0.29) is 24.2 Å². The van der Waals surface area contributed by atoms with Gasteiger partial charge < -0.3 is 4.42 Å². The Morgan fingerprint density at radius 3 is 2.70 bits per heavy atom. The molecule has 0 bridgehead atoms. The molecule has 0 spiro atoms. The second-order valence-electron chi connectivity index (χ2n) is 5.90. The van der Waals surface area contributed by atoms with Gasteiger partial charge in [-0.25, -0.2) is 0 Å².